The third-order valence-electron chi connectivity index (χ3n) is 25.8. The molecule has 16 aromatic carbocycles. The summed E-state index contributed by atoms with van der Waals surface area (Å²) in [7, 11) is 0. The van der Waals surface area contributed by atoms with Gasteiger partial charge < -0.3 is 9.80 Å². The van der Waals surface area contributed by atoms with E-state index in [1.807, 2.05) is 48.5 Å². The van der Waals surface area contributed by atoms with E-state index in [-0.39, 0.29) is 14.9 Å². The maximum absolute atomic E-state index is 9.27. The summed E-state index contributed by atoms with van der Waals surface area (Å²) in [4.78, 5) is 8.15. The van der Waals surface area contributed by atoms with Crippen molar-refractivity contribution in [1.82, 2.24) is 0 Å². The molecule has 584 valence electrons. The van der Waals surface area contributed by atoms with Crippen molar-refractivity contribution < 1.29 is 0 Å². The highest BCUT2D eigenvalue weighted by Crippen LogP contribution is 2.50. The zero-order chi connectivity index (χ0) is 79.1. The Hall–Kier alpha value is -13.6. The van der Waals surface area contributed by atoms with Crippen molar-refractivity contribution in [3.63, 3.8) is 0 Å². The van der Waals surface area contributed by atoms with Gasteiger partial charge in [0.05, 0.1) is 18.2 Å². The summed E-state index contributed by atoms with van der Waals surface area (Å²) in [6, 6.07) is 106. The van der Waals surface area contributed by atoms with Gasteiger partial charge in [0, 0.05) is 78.6 Å². The van der Waals surface area contributed by atoms with Crippen molar-refractivity contribution in [2.75, 3.05) is 9.80 Å². The van der Waals surface area contributed by atoms with Crippen LogP contribution in [0, 0.1) is 65.3 Å². The fourth-order valence-electron chi connectivity index (χ4n) is 19.9. The number of hydrogen-bond donors (Lipinski definition) is 0. The van der Waals surface area contributed by atoms with Crippen LogP contribution in [0.2, 0.25) is 0 Å². The van der Waals surface area contributed by atoms with E-state index in [0.29, 0.717) is 34.9 Å². The summed E-state index contributed by atoms with van der Waals surface area (Å²) in [5.41, 5.74) is 22.1. The van der Waals surface area contributed by atoms with Crippen LogP contribution in [0.5, 0.6) is 0 Å². The quantitative estimate of drug-likeness (QED) is 0.0777. The first kappa shape index (κ1) is 78.9. The molecule has 0 radical (unpaired) electrons. The third kappa shape index (κ3) is 16.2. The number of para-hydroxylation sites is 4. The average molecular weight is 1550 g/mol. The molecule has 0 heterocycles. The van der Waals surface area contributed by atoms with Gasteiger partial charge in [0.15, 0.2) is 5.69 Å². The zero-order valence-corrected chi connectivity index (χ0v) is 67.0. The Balaban J connectivity index is 0.000000180. The van der Waals surface area contributed by atoms with Gasteiger partial charge >= 0.3 is 0 Å². The summed E-state index contributed by atoms with van der Waals surface area (Å²) in [5, 5.41) is 25.1. The zero-order valence-electron chi connectivity index (χ0n) is 67.0. The highest BCUT2D eigenvalue weighted by atomic mass is 15.1. The molecule has 16 aromatic rings. The Labute approximate surface area is 710 Å². The van der Waals surface area contributed by atoms with Crippen molar-refractivity contribution >= 4 is 104 Å². The molecule has 4 saturated carbocycles. The predicted octanol–water partition coefficient (Wildman–Crippen LogP) is 31.6. The Kier molecular flexibility index (Phi) is 23.7. The van der Waals surface area contributed by atoms with Crippen LogP contribution in [-0.2, 0) is 0 Å². The Morgan fingerprint density at radius 3 is 0.700 bits per heavy atom. The Morgan fingerprint density at radius 1 is 0.242 bits per heavy atom. The molecule has 0 aromatic heterocycles. The van der Waals surface area contributed by atoms with Gasteiger partial charge in [-0.05, 0) is 308 Å². The molecule has 120 heavy (non-hydrogen) atoms. The molecule has 4 aliphatic rings. The van der Waals surface area contributed by atoms with Gasteiger partial charge in [-0.1, -0.05) is 285 Å². The van der Waals surface area contributed by atoms with E-state index in [4.69, 9.17) is 6.57 Å². The highest BCUT2D eigenvalue weighted by molar-refractivity contribution is 6.28. The molecule has 4 fully saturated rings. The van der Waals surface area contributed by atoms with E-state index in [1.54, 1.807) is 0 Å². The molecule has 0 amide bonds. The standard InChI is InChI=1S/C68H56N2.C46H36N2.2CH4/c1-7-19-51(20-8-1)65-47-53(37-31-49-33-39-59(40-34-49)69(55-23-11-3-12-24-55)56-25-13-4-14-26-56)61-43-44-62-54(48-66(52-21-9-2-10-22-52)64-46-45-63(65)67(61)68(62)64)38-32-50-35-41-60(42-36-50)70(57-27-15-5-16-28-57)58-29-17-6-18-30-58;1-48-38-22-18-32(19-23-38)17-21-37-29-44(35-10-6-3-7-11-35)42-27-26-41-43(34-8-4-2-5-9-34)28-36(39-24-25-40(37)46(42)45(39)41)20-16-31-12-14-33(30-47)15-13-31;;/h3-6,11-18,23-30,33-36,39-48,51-52H,1-2,7-10,19-22H2;12-15,18-19,22-29,34-35H,2-11H2;2*1H4. The molecule has 0 atom stereocenters. The van der Waals surface area contributed by atoms with Crippen LogP contribution in [0.1, 0.15) is 239 Å². The van der Waals surface area contributed by atoms with Gasteiger partial charge in [0.25, 0.3) is 0 Å². The van der Waals surface area contributed by atoms with Gasteiger partial charge in [0.2, 0.25) is 0 Å². The maximum atomic E-state index is 9.27. The van der Waals surface area contributed by atoms with Crippen molar-refractivity contribution in [2.24, 2.45) is 0 Å². The summed E-state index contributed by atoms with van der Waals surface area (Å²) < 4.78 is 0. The predicted molar refractivity (Wildman–Crippen MR) is 507 cm³/mol. The number of nitrogens with zero attached hydrogens (tertiary/aromatic N) is 4. The van der Waals surface area contributed by atoms with Crippen molar-refractivity contribution in [3.05, 3.63) is 375 Å². The maximum Gasteiger partial charge on any atom is 0.187 e. The van der Waals surface area contributed by atoms with Crippen LogP contribution in [0.3, 0.4) is 0 Å². The summed E-state index contributed by atoms with van der Waals surface area (Å²) in [6.07, 6.45) is 25.4. The second-order valence-electron chi connectivity index (χ2n) is 33.0. The SMILES string of the molecule is C.C.C(#Cc1cc(C2CCCCC2)c2ccc3c(C4CCCCC4)cc(C#Cc4ccc(N(c5ccccc5)c5ccccc5)cc4)c4ccc1c2c43)c1ccc(N(c2ccccc2)c2ccccc2)cc1.[C-]#[N+]c1ccc(C#Cc2cc(C3CCCCC3)c3ccc4c(C5CCCCC5)cc(C#Cc5ccc(C#N)cc5)c5ccc2c3c54)cc1. The smallest absolute Gasteiger partial charge is 0.187 e. The Bertz CT molecular complexity index is 6210. The third-order valence-corrected chi connectivity index (χ3v) is 25.8. The molecule has 0 N–H and O–H groups in total. The van der Waals surface area contributed by atoms with Crippen molar-refractivity contribution in [1.29, 1.82) is 5.26 Å². The molecule has 4 nitrogen and oxygen atoms in total. The Morgan fingerprint density at radius 2 is 0.458 bits per heavy atom. The van der Waals surface area contributed by atoms with E-state index in [0.717, 1.165) is 78.6 Å². The van der Waals surface area contributed by atoms with Gasteiger partial charge in [-0.2, -0.15) is 5.26 Å². The largest absolute Gasteiger partial charge is 0.311 e. The molecule has 4 aliphatic carbocycles. The number of benzene rings is 16. The molecule has 0 bridgehead atoms. The molecule has 0 unspecified atom stereocenters. The fraction of sp³-hybridized carbons (Fsp3) is 0.224. The molecular formula is C116H100N4. The topological polar surface area (TPSA) is 34.6 Å². The first-order valence-corrected chi connectivity index (χ1v) is 43.1. The fourth-order valence-corrected chi connectivity index (χ4v) is 19.9. The molecule has 0 spiro atoms. The van der Waals surface area contributed by atoms with Gasteiger partial charge in [-0.15, -0.1) is 0 Å². The lowest BCUT2D eigenvalue weighted by Crippen LogP contribution is -2.09. The minimum atomic E-state index is 0. The minimum Gasteiger partial charge on any atom is -0.311 e. The number of rotatable bonds is 10. The number of anilines is 6. The van der Waals surface area contributed by atoms with Crippen LogP contribution in [0.25, 0.3) is 69.5 Å². The molecular weight excluding hydrogens is 1450 g/mol. The van der Waals surface area contributed by atoms with Crippen LogP contribution in [0.15, 0.2) is 291 Å². The lowest BCUT2D eigenvalue weighted by molar-refractivity contribution is 0.445. The molecule has 0 aliphatic heterocycles. The van der Waals surface area contributed by atoms with E-state index in [9.17, 15) is 5.26 Å². The number of nitriles is 1. The van der Waals surface area contributed by atoms with Gasteiger partial charge in [0.1, 0.15) is 0 Å². The van der Waals surface area contributed by atoms with Crippen LogP contribution >= 0.6 is 0 Å². The highest BCUT2D eigenvalue weighted by Gasteiger charge is 2.29. The van der Waals surface area contributed by atoms with E-state index < -0.39 is 0 Å². The summed E-state index contributed by atoms with van der Waals surface area (Å²) in [6.45, 7) is 7.32. The first-order valence-electron chi connectivity index (χ1n) is 43.1. The van der Waals surface area contributed by atoms with Crippen LogP contribution < -0.4 is 9.80 Å². The summed E-state index contributed by atoms with van der Waals surface area (Å²) >= 11 is 0. The van der Waals surface area contributed by atoms with Crippen molar-refractivity contribution in [3.8, 4) is 53.4 Å². The lowest BCUT2D eigenvalue weighted by Gasteiger charge is -2.27. The monoisotopic (exact) mass is 1550 g/mol. The van der Waals surface area contributed by atoms with E-state index in [2.05, 4.69) is 311 Å². The van der Waals surface area contributed by atoms with E-state index in [1.165, 1.54) is 215 Å². The normalized spacial score (nSPS) is 14.4. The second kappa shape index (κ2) is 36.1. The lowest BCUT2D eigenvalue weighted by atomic mass is 9.77. The average Bonchev–Trinajstić information content (AvgIpc) is 0.717. The summed E-state index contributed by atoms with van der Waals surface area (Å²) in [5.74, 6) is 31.1. The molecule has 20 rings (SSSR count). The van der Waals surface area contributed by atoms with Crippen LogP contribution in [-0.4, -0.2) is 0 Å². The minimum absolute atomic E-state index is 0. The van der Waals surface area contributed by atoms with E-state index >= 15 is 0 Å². The molecule has 4 heteroatoms. The van der Waals surface area contributed by atoms with Crippen LogP contribution in [0.4, 0.5) is 39.8 Å². The first-order chi connectivity index (χ1) is 58.4. The second-order valence-corrected chi connectivity index (χ2v) is 33.0. The van der Waals surface area contributed by atoms with Gasteiger partial charge in [-0.25, -0.2) is 4.85 Å². The van der Waals surface area contributed by atoms with Crippen molar-refractivity contribution in [2.45, 2.75) is 167 Å². The van der Waals surface area contributed by atoms with Gasteiger partial charge in [-0.3, -0.25) is 0 Å². The molecule has 0 saturated heterocycles. The number of hydrogen-bond acceptors (Lipinski definition) is 3.